The van der Waals surface area contributed by atoms with Gasteiger partial charge in [0, 0.05) is 0 Å². The van der Waals surface area contributed by atoms with E-state index in [4.69, 9.17) is 5.11 Å². The standard InChI is InChI=1S/C17H11AsNO4/c20-17(21)11-4-3-5-12(10-11)18-15-8-9-16(19(22)23)14-7-2-1-6-13(14)15/h1-10H,(H,20,21). The van der Waals surface area contributed by atoms with Gasteiger partial charge in [-0.3, -0.25) is 0 Å². The molecular formula is C17H11AsNO4. The average Bonchev–Trinajstić information content (AvgIpc) is 2.55. The molecule has 3 aromatic rings. The molecule has 0 bridgehead atoms. The molecule has 1 N–H and O–H groups in total. The topological polar surface area (TPSA) is 80.4 Å². The van der Waals surface area contributed by atoms with Gasteiger partial charge in [0.25, 0.3) is 0 Å². The normalized spacial score (nSPS) is 11.1. The first-order valence-electron chi connectivity index (χ1n) is 6.77. The molecule has 0 aliphatic carbocycles. The Morgan fingerprint density at radius 3 is 2.43 bits per heavy atom. The Bertz CT molecular complexity index is 923. The van der Waals surface area contributed by atoms with E-state index in [0.29, 0.717) is 5.39 Å². The minimum atomic E-state index is -0.957. The number of hydrogen-bond acceptors (Lipinski definition) is 3. The van der Waals surface area contributed by atoms with E-state index in [1.165, 1.54) is 6.07 Å². The summed E-state index contributed by atoms with van der Waals surface area (Å²) in [5.74, 6) is -0.957. The molecule has 0 fully saturated rings. The van der Waals surface area contributed by atoms with Crippen LogP contribution in [-0.2, 0) is 0 Å². The van der Waals surface area contributed by atoms with Crippen molar-refractivity contribution in [2.24, 2.45) is 0 Å². The molecule has 0 spiro atoms. The van der Waals surface area contributed by atoms with Gasteiger partial charge in [-0.1, -0.05) is 0 Å². The number of carbonyl (C=O) groups is 1. The van der Waals surface area contributed by atoms with Crippen LogP contribution in [0.1, 0.15) is 10.4 Å². The van der Waals surface area contributed by atoms with Crippen LogP contribution in [0, 0.1) is 10.1 Å². The molecule has 0 heterocycles. The molecular weight excluding hydrogens is 357 g/mol. The van der Waals surface area contributed by atoms with Gasteiger partial charge in [0.1, 0.15) is 0 Å². The summed E-state index contributed by atoms with van der Waals surface area (Å²) >= 11 is -0.465. The molecule has 0 unspecified atom stereocenters. The number of nitro groups is 1. The van der Waals surface area contributed by atoms with Gasteiger partial charge in [-0.05, 0) is 0 Å². The van der Waals surface area contributed by atoms with Crippen LogP contribution in [-0.4, -0.2) is 31.8 Å². The van der Waals surface area contributed by atoms with Crippen LogP contribution in [0.25, 0.3) is 10.8 Å². The molecule has 0 atom stereocenters. The summed E-state index contributed by atoms with van der Waals surface area (Å²) in [6.07, 6.45) is 0. The number of rotatable bonds is 4. The van der Waals surface area contributed by atoms with Crippen LogP contribution in [0.2, 0.25) is 0 Å². The monoisotopic (exact) mass is 368 g/mol. The van der Waals surface area contributed by atoms with Crippen LogP contribution < -0.4 is 8.70 Å². The van der Waals surface area contributed by atoms with Crippen molar-refractivity contribution in [2.75, 3.05) is 0 Å². The van der Waals surface area contributed by atoms with E-state index in [0.717, 1.165) is 14.1 Å². The number of hydrogen-bond donors (Lipinski definition) is 1. The molecule has 0 saturated heterocycles. The van der Waals surface area contributed by atoms with Crippen molar-refractivity contribution < 1.29 is 14.8 Å². The van der Waals surface area contributed by atoms with Gasteiger partial charge >= 0.3 is 138 Å². The fourth-order valence-electron chi connectivity index (χ4n) is 2.37. The second-order valence-corrected chi connectivity index (χ2v) is 7.44. The molecule has 0 aliphatic heterocycles. The van der Waals surface area contributed by atoms with Crippen molar-refractivity contribution >= 4 is 46.9 Å². The van der Waals surface area contributed by atoms with Gasteiger partial charge in [0.15, 0.2) is 0 Å². The van der Waals surface area contributed by atoms with Crippen molar-refractivity contribution in [3.8, 4) is 0 Å². The van der Waals surface area contributed by atoms with Crippen molar-refractivity contribution in [1.82, 2.24) is 0 Å². The first kappa shape index (κ1) is 15.3. The number of carboxylic acids is 1. The quantitative estimate of drug-likeness (QED) is 0.435. The molecule has 3 rings (SSSR count). The summed E-state index contributed by atoms with van der Waals surface area (Å²) in [5.41, 5.74) is 0.342. The number of benzene rings is 3. The van der Waals surface area contributed by atoms with Crippen LogP contribution >= 0.6 is 0 Å². The summed E-state index contributed by atoms with van der Waals surface area (Å²) in [4.78, 5) is 21.8. The first-order chi connectivity index (χ1) is 11.1. The molecule has 113 valence electrons. The van der Waals surface area contributed by atoms with Gasteiger partial charge in [-0.25, -0.2) is 0 Å². The Kier molecular flexibility index (Phi) is 4.13. The van der Waals surface area contributed by atoms with E-state index in [2.05, 4.69) is 0 Å². The maximum atomic E-state index is 11.2. The summed E-state index contributed by atoms with van der Waals surface area (Å²) in [6, 6.07) is 17.4. The third kappa shape index (κ3) is 3.10. The van der Waals surface area contributed by atoms with Gasteiger partial charge in [-0.2, -0.15) is 0 Å². The van der Waals surface area contributed by atoms with Crippen LogP contribution in [0.3, 0.4) is 0 Å². The average molecular weight is 368 g/mol. The number of carboxylic acid groups (broad SMARTS) is 1. The van der Waals surface area contributed by atoms with Crippen LogP contribution in [0.4, 0.5) is 5.69 Å². The second-order valence-electron chi connectivity index (χ2n) is 4.87. The number of non-ortho nitro benzene ring substituents is 1. The van der Waals surface area contributed by atoms with Crippen LogP contribution in [0.5, 0.6) is 0 Å². The molecule has 0 aromatic heterocycles. The van der Waals surface area contributed by atoms with Crippen molar-refractivity contribution in [1.29, 1.82) is 0 Å². The second kappa shape index (κ2) is 6.22. The maximum absolute atomic E-state index is 11.2. The SMILES string of the molecule is O=C(O)c1cccc([As]c2ccc([N+](=O)[O-])c3ccccc23)c1. The zero-order valence-electron chi connectivity index (χ0n) is 11.8. The number of aromatic carboxylic acids is 1. The molecule has 23 heavy (non-hydrogen) atoms. The third-order valence-electron chi connectivity index (χ3n) is 3.42. The summed E-state index contributed by atoms with van der Waals surface area (Å²) < 4.78 is 1.96. The summed E-state index contributed by atoms with van der Waals surface area (Å²) in [6.45, 7) is 0. The predicted octanol–water partition coefficient (Wildman–Crippen LogP) is 2.10. The molecule has 1 radical (unpaired) electrons. The van der Waals surface area contributed by atoms with E-state index in [-0.39, 0.29) is 16.2 Å². The molecule has 0 aliphatic rings. The summed E-state index contributed by atoms with van der Waals surface area (Å²) in [7, 11) is 0. The van der Waals surface area contributed by atoms with E-state index in [1.807, 2.05) is 18.2 Å². The van der Waals surface area contributed by atoms with E-state index in [9.17, 15) is 14.9 Å². The molecule has 0 amide bonds. The zero-order chi connectivity index (χ0) is 16.4. The number of fused-ring (bicyclic) bond motifs is 1. The van der Waals surface area contributed by atoms with Crippen molar-refractivity contribution in [2.45, 2.75) is 0 Å². The third-order valence-corrected chi connectivity index (χ3v) is 5.87. The van der Waals surface area contributed by atoms with Crippen molar-refractivity contribution in [3.05, 3.63) is 76.3 Å². The zero-order valence-corrected chi connectivity index (χ0v) is 13.7. The van der Waals surface area contributed by atoms with E-state index < -0.39 is 21.7 Å². The van der Waals surface area contributed by atoms with Crippen molar-refractivity contribution in [3.63, 3.8) is 0 Å². The van der Waals surface area contributed by atoms with E-state index in [1.54, 1.807) is 36.4 Å². The minimum absolute atomic E-state index is 0.0878. The number of nitro benzene ring substituents is 1. The fourth-order valence-corrected chi connectivity index (χ4v) is 4.69. The van der Waals surface area contributed by atoms with Gasteiger partial charge in [0.2, 0.25) is 0 Å². The van der Waals surface area contributed by atoms with E-state index >= 15 is 0 Å². The number of nitrogens with zero attached hydrogens (tertiary/aromatic N) is 1. The van der Waals surface area contributed by atoms with Crippen LogP contribution in [0.15, 0.2) is 60.7 Å². The molecule has 3 aromatic carbocycles. The molecule has 6 heteroatoms. The Balaban J connectivity index is 2.08. The first-order valence-corrected chi connectivity index (χ1v) is 8.65. The summed E-state index contributed by atoms with van der Waals surface area (Å²) in [5, 5.41) is 21.7. The van der Waals surface area contributed by atoms with Gasteiger partial charge < -0.3 is 0 Å². The Morgan fingerprint density at radius 1 is 1.00 bits per heavy atom. The Morgan fingerprint density at radius 2 is 1.74 bits per heavy atom. The fraction of sp³-hybridized carbons (Fsp3) is 0. The predicted molar refractivity (Wildman–Crippen MR) is 89.0 cm³/mol. The molecule has 5 nitrogen and oxygen atoms in total. The molecule has 0 saturated carbocycles. The Hall–Kier alpha value is -2.65. The Labute approximate surface area is 138 Å². The van der Waals surface area contributed by atoms with Gasteiger partial charge in [0.05, 0.1) is 0 Å². The van der Waals surface area contributed by atoms with Gasteiger partial charge in [-0.15, -0.1) is 0 Å².